The van der Waals surface area contributed by atoms with Gasteiger partial charge in [0.15, 0.2) is 0 Å². The zero-order valence-corrected chi connectivity index (χ0v) is 4.61. The number of rotatable bonds is 1. The first-order chi connectivity index (χ1) is 3.43. The SMILES string of the molecule is [B]Cc1nccs1. The second-order valence-corrected chi connectivity index (χ2v) is 2.11. The van der Waals surface area contributed by atoms with E-state index in [4.69, 9.17) is 7.85 Å². The van der Waals surface area contributed by atoms with E-state index in [0.717, 1.165) is 5.01 Å². The summed E-state index contributed by atoms with van der Waals surface area (Å²) in [5, 5.41) is 2.92. The third-order valence-corrected chi connectivity index (χ3v) is 1.46. The summed E-state index contributed by atoms with van der Waals surface area (Å²) in [6.45, 7) is 0. The molecule has 1 nitrogen and oxygen atoms in total. The highest BCUT2D eigenvalue weighted by Gasteiger charge is 1.84. The van der Waals surface area contributed by atoms with Crippen LogP contribution >= 0.6 is 11.3 Å². The van der Waals surface area contributed by atoms with E-state index >= 15 is 0 Å². The van der Waals surface area contributed by atoms with Crippen LogP contribution in [-0.2, 0) is 6.32 Å². The number of hydrogen-bond acceptors (Lipinski definition) is 2. The molecular formula is C4H4BNS. The minimum Gasteiger partial charge on any atom is -0.251 e. The molecule has 0 aliphatic carbocycles. The second-order valence-electron chi connectivity index (χ2n) is 1.13. The van der Waals surface area contributed by atoms with Crippen molar-refractivity contribution >= 4 is 19.2 Å². The third kappa shape index (κ3) is 1.03. The van der Waals surface area contributed by atoms with Crippen LogP contribution in [0.4, 0.5) is 0 Å². The van der Waals surface area contributed by atoms with E-state index in [0.29, 0.717) is 6.32 Å². The molecule has 1 aromatic heterocycles. The van der Waals surface area contributed by atoms with Crippen LogP contribution < -0.4 is 0 Å². The Bertz CT molecular complexity index is 126. The van der Waals surface area contributed by atoms with Crippen molar-refractivity contribution in [3.05, 3.63) is 16.6 Å². The van der Waals surface area contributed by atoms with Crippen LogP contribution in [0.1, 0.15) is 5.01 Å². The maximum atomic E-state index is 5.24. The molecule has 1 heterocycles. The van der Waals surface area contributed by atoms with E-state index in [2.05, 4.69) is 4.98 Å². The highest BCUT2D eigenvalue weighted by Crippen LogP contribution is 2.01. The van der Waals surface area contributed by atoms with Crippen LogP contribution in [0.15, 0.2) is 11.6 Å². The monoisotopic (exact) mass is 109 g/mol. The molecule has 0 aromatic carbocycles. The summed E-state index contributed by atoms with van der Waals surface area (Å²) in [5.74, 6) is 0. The number of nitrogens with zero attached hydrogens (tertiary/aromatic N) is 1. The molecule has 0 N–H and O–H groups in total. The molecular weight excluding hydrogens is 105 g/mol. The molecule has 1 rings (SSSR count). The van der Waals surface area contributed by atoms with Gasteiger partial charge in [0.2, 0.25) is 0 Å². The average Bonchev–Trinajstić information content (AvgIpc) is 2.14. The average molecular weight is 109 g/mol. The van der Waals surface area contributed by atoms with Crippen molar-refractivity contribution in [2.45, 2.75) is 6.32 Å². The Labute approximate surface area is 47.8 Å². The first-order valence-electron chi connectivity index (χ1n) is 2.02. The molecule has 34 valence electrons. The predicted molar refractivity (Wildman–Crippen MR) is 31.6 cm³/mol. The topological polar surface area (TPSA) is 12.9 Å². The molecule has 0 aliphatic heterocycles. The Morgan fingerprint density at radius 3 is 3.00 bits per heavy atom. The normalized spacial score (nSPS) is 9.14. The van der Waals surface area contributed by atoms with Crippen molar-refractivity contribution in [3.63, 3.8) is 0 Å². The summed E-state index contributed by atoms with van der Waals surface area (Å²) in [6.07, 6.45) is 2.32. The summed E-state index contributed by atoms with van der Waals surface area (Å²) in [6, 6.07) is 0. The molecule has 0 aliphatic rings. The van der Waals surface area contributed by atoms with Crippen LogP contribution in [-0.4, -0.2) is 12.8 Å². The Morgan fingerprint density at radius 1 is 1.86 bits per heavy atom. The Hall–Kier alpha value is -0.305. The van der Waals surface area contributed by atoms with E-state index < -0.39 is 0 Å². The lowest BCUT2D eigenvalue weighted by Crippen LogP contribution is -1.76. The molecule has 0 bridgehead atoms. The van der Waals surface area contributed by atoms with Crippen LogP contribution in [0.2, 0.25) is 0 Å². The molecule has 1 aromatic rings. The first kappa shape index (κ1) is 4.84. The van der Waals surface area contributed by atoms with Crippen molar-refractivity contribution in [1.29, 1.82) is 0 Å². The fourth-order valence-corrected chi connectivity index (χ4v) is 0.851. The van der Waals surface area contributed by atoms with E-state index in [1.54, 1.807) is 17.5 Å². The van der Waals surface area contributed by atoms with Crippen LogP contribution in [0.3, 0.4) is 0 Å². The zero-order chi connectivity index (χ0) is 5.11. The van der Waals surface area contributed by atoms with E-state index in [1.165, 1.54) is 0 Å². The molecule has 0 saturated heterocycles. The van der Waals surface area contributed by atoms with Crippen LogP contribution in [0.5, 0.6) is 0 Å². The Balaban J connectivity index is 2.76. The summed E-state index contributed by atoms with van der Waals surface area (Å²) < 4.78 is 0. The van der Waals surface area contributed by atoms with E-state index in [1.807, 2.05) is 5.38 Å². The molecule has 2 radical (unpaired) electrons. The van der Waals surface area contributed by atoms with Gasteiger partial charge in [0.05, 0.1) is 12.9 Å². The quantitative estimate of drug-likeness (QED) is 0.486. The van der Waals surface area contributed by atoms with Crippen molar-refractivity contribution in [2.24, 2.45) is 0 Å². The molecule has 0 fully saturated rings. The number of hydrogen-bond donors (Lipinski definition) is 0. The second kappa shape index (κ2) is 2.12. The molecule has 0 atom stereocenters. The lowest BCUT2D eigenvalue weighted by Gasteiger charge is -1.77. The van der Waals surface area contributed by atoms with Gasteiger partial charge < -0.3 is 0 Å². The summed E-state index contributed by atoms with van der Waals surface area (Å²) in [7, 11) is 5.24. The summed E-state index contributed by atoms with van der Waals surface area (Å²) in [4.78, 5) is 3.93. The summed E-state index contributed by atoms with van der Waals surface area (Å²) in [5.41, 5.74) is 0. The minimum atomic E-state index is 0.567. The largest absolute Gasteiger partial charge is 0.251 e. The molecule has 7 heavy (non-hydrogen) atoms. The molecule has 0 saturated carbocycles. The predicted octanol–water partition coefficient (Wildman–Crippen LogP) is 0.812. The Morgan fingerprint density at radius 2 is 2.71 bits per heavy atom. The van der Waals surface area contributed by atoms with Crippen LogP contribution in [0.25, 0.3) is 0 Å². The van der Waals surface area contributed by atoms with Gasteiger partial charge in [0, 0.05) is 11.6 Å². The molecule has 3 heteroatoms. The third-order valence-electron chi connectivity index (χ3n) is 0.658. The number of thiazole rings is 1. The van der Waals surface area contributed by atoms with Gasteiger partial charge in [-0.25, -0.2) is 0 Å². The zero-order valence-electron chi connectivity index (χ0n) is 3.79. The van der Waals surface area contributed by atoms with E-state index in [9.17, 15) is 0 Å². The van der Waals surface area contributed by atoms with Gasteiger partial charge in [-0.1, -0.05) is 0 Å². The van der Waals surface area contributed by atoms with Crippen molar-refractivity contribution in [2.75, 3.05) is 0 Å². The fraction of sp³-hybridized carbons (Fsp3) is 0.250. The van der Waals surface area contributed by atoms with Gasteiger partial charge >= 0.3 is 0 Å². The highest BCUT2D eigenvalue weighted by atomic mass is 32.1. The van der Waals surface area contributed by atoms with Crippen molar-refractivity contribution in [3.8, 4) is 0 Å². The first-order valence-corrected chi connectivity index (χ1v) is 2.90. The van der Waals surface area contributed by atoms with Gasteiger partial charge in [0.1, 0.15) is 0 Å². The maximum absolute atomic E-state index is 5.24. The van der Waals surface area contributed by atoms with Gasteiger partial charge in [-0.15, -0.1) is 11.3 Å². The Kier molecular flexibility index (Phi) is 1.47. The van der Waals surface area contributed by atoms with Crippen molar-refractivity contribution in [1.82, 2.24) is 4.98 Å². The van der Waals surface area contributed by atoms with Gasteiger partial charge in [-0.3, -0.25) is 4.98 Å². The van der Waals surface area contributed by atoms with Gasteiger partial charge in [-0.05, 0) is 6.32 Å². The smallest absolute Gasteiger partial charge is 0.0839 e. The van der Waals surface area contributed by atoms with Gasteiger partial charge in [0.25, 0.3) is 0 Å². The molecule has 0 amide bonds. The number of aromatic nitrogens is 1. The van der Waals surface area contributed by atoms with Gasteiger partial charge in [-0.2, -0.15) is 0 Å². The van der Waals surface area contributed by atoms with Crippen molar-refractivity contribution < 1.29 is 0 Å². The highest BCUT2D eigenvalue weighted by molar-refractivity contribution is 7.09. The molecule has 0 spiro atoms. The molecule has 0 unspecified atom stereocenters. The minimum absolute atomic E-state index is 0.567. The van der Waals surface area contributed by atoms with Crippen LogP contribution in [0, 0.1) is 0 Å². The van der Waals surface area contributed by atoms with E-state index in [-0.39, 0.29) is 0 Å². The lowest BCUT2D eigenvalue weighted by molar-refractivity contribution is 1.26. The fourth-order valence-electron chi connectivity index (χ4n) is 0.354. The maximum Gasteiger partial charge on any atom is 0.0839 e. The lowest BCUT2D eigenvalue weighted by atomic mass is 10.1. The summed E-state index contributed by atoms with van der Waals surface area (Å²) >= 11 is 1.59. The standard InChI is InChI=1S/C4H4BNS/c5-3-4-6-1-2-7-4/h1-2H,3H2.